The topological polar surface area (TPSA) is 78.9 Å². The molecule has 0 saturated heterocycles. The molecule has 0 radical (unpaired) electrons. The Morgan fingerprint density at radius 3 is 2.08 bits per heavy atom. The summed E-state index contributed by atoms with van der Waals surface area (Å²) in [5.41, 5.74) is 0.388. The van der Waals surface area contributed by atoms with Crippen molar-refractivity contribution >= 4 is 16.1 Å². The molecule has 0 aliphatic carbocycles. The van der Waals surface area contributed by atoms with Gasteiger partial charge >= 0.3 is 5.97 Å². The van der Waals surface area contributed by atoms with Gasteiger partial charge in [-0.15, -0.1) is 0 Å². The van der Waals surface area contributed by atoms with Crippen LogP contribution < -0.4 is 0 Å². The predicted octanol–water partition coefficient (Wildman–Crippen LogP) is 3.08. The van der Waals surface area contributed by atoms with Crippen molar-refractivity contribution in [3.05, 3.63) is 29.8 Å². The third-order valence-corrected chi connectivity index (χ3v) is 4.84. The van der Waals surface area contributed by atoms with Crippen LogP contribution in [0.1, 0.15) is 40.2 Å². The Morgan fingerprint density at radius 2 is 1.64 bits per heavy atom. The van der Waals surface area contributed by atoms with Gasteiger partial charge < -0.3 is 9.47 Å². The van der Waals surface area contributed by atoms with Crippen LogP contribution in [0.3, 0.4) is 0 Å². The minimum Gasteiger partial charge on any atom is -0.464 e. The molecule has 0 fully saturated rings. The maximum atomic E-state index is 12.6. The van der Waals surface area contributed by atoms with E-state index < -0.39 is 33.7 Å². The number of ether oxygens (including phenoxy) is 2. The molecule has 7 heteroatoms. The van der Waals surface area contributed by atoms with Crippen LogP contribution >= 0.6 is 0 Å². The van der Waals surface area contributed by atoms with Crippen molar-refractivity contribution < 1.29 is 26.9 Å². The van der Waals surface area contributed by atoms with Gasteiger partial charge in [0.25, 0.3) is 10.1 Å². The first-order chi connectivity index (χ1) is 11.5. The van der Waals surface area contributed by atoms with Crippen LogP contribution in [0.25, 0.3) is 0 Å². The first-order valence-corrected chi connectivity index (χ1v) is 9.72. The number of carbonyl (C=O) groups excluding carboxylic acids is 1. The molecule has 0 aromatic heterocycles. The average molecular weight is 372 g/mol. The lowest BCUT2D eigenvalue weighted by atomic mass is 9.85. The second-order valence-corrected chi connectivity index (χ2v) is 8.35. The minimum absolute atomic E-state index is 0.0171. The second kappa shape index (κ2) is 8.78. The molecule has 1 aromatic rings. The third kappa shape index (κ3) is 6.09. The lowest BCUT2D eigenvalue weighted by Crippen LogP contribution is -2.47. The van der Waals surface area contributed by atoms with Crippen molar-refractivity contribution in [2.45, 2.75) is 58.6 Å². The SMILES string of the molecule is CCOC(=O)[C@H](OS(=O)(=O)c1ccc(C)cc1)[C@@H](OCC)C(C)(C)C. The van der Waals surface area contributed by atoms with Gasteiger partial charge in [0.05, 0.1) is 11.5 Å². The lowest BCUT2D eigenvalue weighted by Gasteiger charge is -2.34. The van der Waals surface area contributed by atoms with E-state index in [2.05, 4.69) is 0 Å². The Hall–Kier alpha value is -1.44. The van der Waals surface area contributed by atoms with Crippen molar-refractivity contribution in [1.29, 1.82) is 0 Å². The summed E-state index contributed by atoms with van der Waals surface area (Å²) in [5, 5.41) is 0. The molecule has 2 atom stereocenters. The number of hydrogen-bond acceptors (Lipinski definition) is 6. The fourth-order valence-electron chi connectivity index (χ4n) is 2.31. The predicted molar refractivity (Wildman–Crippen MR) is 94.7 cm³/mol. The molecule has 0 spiro atoms. The van der Waals surface area contributed by atoms with E-state index in [4.69, 9.17) is 13.7 Å². The molecule has 25 heavy (non-hydrogen) atoms. The van der Waals surface area contributed by atoms with Crippen molar-refractivity contribution in [2.24, 2.45) is 5.41 Å². The number of carbonyl (C=O) groups is 1. The summed E-state index contributed by atoms with van der Waals surface area (Å²) < 4.78 is 41.2. The van der Waals surface area contributed by atoms with Gasteiger partial charge in [-0.3, -0.25) is 0 Å². The maximum absolute atomic E-state index is 12.6. The molecular formula is C18H28O6S. The van der Waals surface area contributed by atoms with E-state index in [1.807, 2.05) is 27.7 Å². The van der Waals surface area contributed by atoms with E-state index in [0.717, 1.165) is 5.56 Å². The normalized spacial score (nSPS) is 14.8. The summed E-state index contributed by atoms with van der Waals surface area (Å²) in [4.78, 5) is 12.4. The molecule has 0 saturated carbocycles. The Balaban J connectivity index is 3.23. The van der Waals surface area contributed by atoms with Crippen LogP contribution in [0.2, 0.25) is 0 Å². The number of rotatable bonds is 8. The van der Waals surface area contributed by atoms with Crippen LogP contribution in [0.15, 0.2) is 29.2 Å². The van der Waals surface area contributed by atoms with Crippen molar-refractivity contribution in [3.8, 4) is 0 Å². The Morgan fingerprint density at radius 1 is 1.08 bits per heavy atom. The molecule has 1 rings (SSSR count). The zero-order valence-corrected chi connectivity index (χ0v) is 16.6. The highest BCUT2D eigenvalue weighted by Crippen LogP contribution is 2.29. The fourth-order valence-corrected chi connectivity index (χ4v) is 3.34. The molecule has 0 amide bonds. The largest absolute Gasteiger partial charge is 0.464 e. The van der Waals surface area contributed by atoms with Crippen LogP contribution in [-0.2, 0) is 28.6 Å². The molecule has 0 N–H and O–H groups in total. The van der Waals surface area contributed by atoms with E-state index in [1.165, 1.54) is 12.1 Å². The van der Waals surface area contributed by atoms with E-state index in [-0.39, 0.29) is 11.5 Å². The Bertz CT molecular complexity index is 658. The van der Waals surface area contributed by atoms with Gasteiger partial charge in [0.15, 0.2) is 0 Å². The van der Waals surface area contributed by atoms with Gasteiger partial charge in [0.1, 0.15) is 6.10 Å². The summed E-state index contributed by atoms with van der Waals surface area (Å²) in [6.07, 6.45) is -2.16. The quantitative estimate of drug-likeness (QED) is 0.515. The Labute approximate surface area is 150 Å². The average Bonchev–Trinajstić information content (AvgIpc) is 2.50. The van der Waals surface area contributed by atoms with E-state index in [0.29, 0.717) is 6.61 Å². The molecule has 0 bridgehead atoms. The van der Waals surface area contributed by atoms with Crippen LogP contribution in [0.5, 0.6) is 0 Å². The van der Waals surface area contributed by atoms with Crippen LogP contribution in [0.4, 0.5) is 0 Å². The number of aryl methyl sites for hydroxylation is 1. The highest BCUT2D eigenvalue weighted by atomic mass is 32.2. The number of esters is 1. The van der Waals surface area contributed by atoms with Gasteiger partial charge in [-0.1, -0.05) is 38.5 Å². The molecule has 0 aliphatic heterocycles. The summed E-state index contributed by atoms with van der Waals surface area (Å²) in [7, 11) is -4.14. The Kier molecular flexibility index (Phi) is 7.59. The first kappa shape index (κ1) is 21.6. The smallest absolute Gasteiger partial charge is 0.339 e. The molecular weight excluding hydrogens is 344 g/mol. The van der Waals surface area contributed by atoms with Crippen molar-refractivity contribution in [2.75, 3.05) is 13.2 Å². The van der Waals surface area contributed by atoms with E-state index >= 15 is 0 Å². The van der Waals surface area contributed by atoms with Gasteiger partial charge in [-0.25, -0.2) is 8.98 Å². The van der Waals surface area contributed by atoms with Gasteiger partial charge in [-0.2, -0.15) is 8.42 Å². The van der Waals surface area contributed by atoms with Gasteiger partial charge in [0, 0.05) is 6.61 Å². The van der Waals surface area contributed by atoms with Gasteiger partial charge in [-0.05, 0) is 38.3 Å². The van der Waals surface area contributed by atoms with Crippen molar-refractivity contribution in [1.82, 2.24) is 0 Å². The fraction of sp³-hybridized carbons (Fsp3) is 0.611. The minimum atomic E-state index is -4.14. The molecule has 0 unspecified atom stereocenters. The standard InChI is InChI=1S/C18H28O6S/c1-7-22-16(18(4,5)6)15(17(19)23-8-2)24-25(20,21)14-11-9-13(3)10-12-14/h9-12,15-16H,7-8H2,1-6H3/t15-,16-/m1/s1. The summed E-state index contributed by atoms with van der Waals surface area (Å²) in [6, 6.07) is 6.22. The first-order valence-electron chi connectivity index (χ1n) is 8.31. The summed E-state index contributed by atoms with van der Waals surface area (Å²) in [6.45, 7) is 11.2. The molecule has 0 heterocycles. The molecule has 0 aliphatic rings. The second-order valence-electron chi connectivity index (χ2n) is 6.78. The highest BCUT2D eigenvalue weighted by Gasteiger charge is 2.42. The lowest BCUT2D eigenvalue weighted by molar-refractivity contribution is -0.165. The number of benzene rings is 1. The monoisotopic (exact) mass is 372 g/mol. The summed E-state index contributed by atoms with van der Waals surface area (Å²) in [5.74, 6) is -0.758. The van der Waals surface area contributed by atoms with E-state index in [9.17, 15) is 13.2 Å². The highest BCUT2D eigenvalue weighted by molar-refractivity contribution is 7.86. The number of hydrogen-bond donors (Lipinski definition) is 0. The third-order valence-electron chi connectivity index (χ3n) is 3.53. The molecule has 1 aromatic carbocycles. The van der Waals surface area contributed by atoms with Crippen LogP contribution in [-0.4, -0.2) is 39.8 Å². The van der Waals surface area contributed by atoms with Crippen molar-refractivity contribution in [3.63, 3.8) is 0 Å². The molecule has 6 nitrogen and oxygen atoms in total. The summed E-state index contributed by atoms with van der Waals surface area (Å²) >= 11 is 0. The van der Waals surface area contributed by atoms with Crippen LogP contribution in [0, 0.1) is 12.3 Å². The zero-order valence-electron chi connectivity index (χ0n) is 15.7. The van der Waals surface area contributed by atoms with Gasteiger partial charge in [0.2, 0.25) is 6.10 Å². The maximum Gasteiger partial charge on any atom is 0.339 e. The zero-order chi connectivity index (χ0) is 19.3. The molecule has 142 valence electrons. The van der Waals surface area contributed by atoms with E-state index in [1.54, 1.807) is 26.0 Å².